The molecule has 0 heterocycles. The van der Waals surface area contributed by atoms with Crippen molar-refractivity contribution in [1.82, 2.24) is 0 Å². The van der Waals surface area contributed by atoms with Gasteiger partial charge in [-0.1, -0.05) is 20.4 Å². The van der Waals surface area contributed by atoms with E-state index in [4.69, 9.17) is 0 Å². The monoisotopic (exact) mass is 124 g/mol. The van der Waals surface area contributed by atoms with Gasteiger partial charge in [0.2, 0.25) is 0 Å². The summed E-state index contributed by atoms with van der Waals surface area (Å²) in [6, 6.07) is 0. The summed E-state index contributed by atoms with van der Waals surface area (Å²) in [5, 5.41) is 0. The highest BCUT2D eigenvalue weighted by atomic mass is 16.1. The first-order valence-corrected chi connectivity index (χ1v) is 3.26. The summed E-state index contributed by atoms with van der Waals surface area (Å²) in [7, 11) is 0. The van der Waals surface area contributed by atoms with E-state index >= 15 is 0 Å². The highest BCUT2D eigenvalue weighted by molar-refractivity contribution is 6.00. The lowest BCUT2D eigenvalue weighted by atomic mass is 9.90. The minimum Gasteiger partial charge on any atom is -0.294 e. The van der Waals surface area contributed by atoms with Gasteiger partial charge < -0.3 is 0 Å². The van der Waals surface area contributed by atoms with Crippen LogP contribution in [0.1, 0.15) is 26.7 Å². The first-order valence-electron chi connectivity index (χ1n) is 3.26. The maximum Gasteiger partial charge on any atom is 0.163 e. The summed E-state index contributed by atoms with van der Waals surface area (Å²) in [5.41, 5.74) is 0.692. The van der Waals surface area contributed by atoms with Crippen LogP contribution in [-0.2, 0) is 4.79 Å². The van der Waals surface area contributed by atoms with E-state index in [1.165, 1.54) is 0 Å². The van der Waals surface area contributed by atoms with E-state index in [-0.39, 0.29) is 11.2 Å². The van der Waals surface area contributed by atoms with Crippen molar-refractivity contribution in [1.29, 1.82) is 0 Å². The standard InChI is InChI=1S/C8H12O/c1-6-4-5-8(2,3)7(6)9/h1,4-5H2,2-3H3. The van der Waals surface area contributed by atoms with Crippen LogP contribution in [0.5, 0.6) is 0 Å². The Kier molecular flexibility index (Phi) is 1.23. The predicted molar refractivity (Wildman–Crippen MR) is 37.2 cm³/mol. The van der Waals surface area contributed by atoms with Gasteiger partial charge in [-0.3, -0.25) is 4.79 Å². The Morgan fingerprint density at radius 2 is 2.11 bits per heavy atom. The molecule has 0 aromatic carbocycles. The zero-order valence-corrected chi connectivity index (χ0v) is 6.03. The summed E-state index contributed by atoms with van der Waals surface area (Å²) in [6.07, 6.45) is 1.87. The van der Waals surface area contributed by atoms with Crippen molar-refractivity contribution in [2.75, 3.05) is 0 Å². The topological polar surface area (TPSA) is 17.1 Å². The minimum absolute atomic E-state index is 0.114. The van der Waals surface area contributed by atoms with Crippen LogP contribution in [0.15, 0.2) is 12.2 Å². The third-order valence-electron chi connectivity index (χ3n) is 1.99. The van der Waals surface area contributed by atoms with Crippen molar-refractivity contribution in [3.05, 3.63) is 12.2 Å². The highest BCUT2D eigenvalue weighted by Gasteiger charge is 2.34. The first kappa shape index (κ1) is 6.53. The molecule has 0 aliphatic heterocycles. The Hall–Kier alpha value is -0.590. The molecule has 0 saturated heterocycles. The largest absolute Gasteiger partial charge is 0.294 e. The Morgan fingerprint density at radius 1 is 1.56 bits per heavy atom. The molecule has 0 radical (unpaired) electrons. The van der Waals surface area contributed by atoms with E-state index in [9.17, 15) is 4.79 Å². The lowest BCUT2D eigenvalue weighted by molar-refractivity contribution is -0.121. The van der Waals surface area contributed by atoms with E-state index in [1.807, 2.05) is 13.8 Å². The van der Waals surface area contributed by atoms with Gasteiger partial charge in [0.25, 0.3) is 0 Å². The number of Topliss-reactive ketones (excluding diaryl/α,β-unsaturated/α-hetero) is 1. The van der Waals surface area contributed by atoms with Gasteiger partial charge in [-0.2, -0.15) is 0 Å². The molecule has 0 atom stereocenters. The van der Waals surface area contributed by atoms with Gasteiger partial charge in [-0.05, 0) is 18.4 Å². The molecule has 1 nitrogen and oxygen atoms in total. The van der Waals surface area contributed by atoms with Crippen LogP contribution in [0.2, 0.25) is 0 Å². The van der Waals surface area contributed by atoms with Crippen molar-refractivity contribution in [2.45, 2.75) is 26.7 Å². The van der Waals surface area contributed by atoms with Gasteiger partial charge in [0.05, 0.1) is 0 Å². The predicted octanol–water partition coefficient (Wildman–Crippen LogP) is 1.93. The van der Waals surface area contributed by atoms with Crippen LogP contribution in [0.25, 0.3) is 0 Å². The van der Waals surface area contributed by atoms with Gasteiger partial charge in [-0.15, -0.1) is 0 Å². The molecule has 1 saturated carbocycles. The van der Waals surface area contributed by atoms with Gasteiger partial charge in [0, 0.05) is 5.41 Å². The number of hydrogen-bond acceptors (Lipinski definition) is 1. The van der Waals surface area contributed by atoms with E-state index in [1.54, 1.807) is 0 Å². The smallest absolute Gasteiger partial charge is 0.163 e. The van der Waals surface area contributed by atoms with E-state index in [2.05, 4.69) is 6.58 Å². The van der Waals surface area contributed by atoms with E-state index in [0.717, 1.165) is 18.4 Å². The molecule has 50 valence electrons. The highest BCUT2D eigenvalue weighted by Crippen LogP contribution is 2.35. The average Bonchev–Trinajstić information content (AvgIpc) is 1.97. The molecule has 1 rings (SSSR count). The summed E-state index contributed by atoms with van der Waals surface area (Å²) in [4.78, 5) is 11.1. The van der Waals surface area contributed by atoms with Crippen molar-refractivity contribution in [3.63, 3.8) is 0 Å². The van der Waals surface area contributed by atoms with Crippen LogP contribution in [0, 0.1) is 5.41 Å². The molecule has 1 heteroatoms. The Balaban J connectivity index is 2.86. The maximum atomic E-state index is 11.1. The third kappa shape index (κ3) is 0.913. The van der Waals surface area contributed by atoms with Gasteiger partial charge >= 0.3 is 0 Å². The van der Waals surface area contributed by atoms with Crippen LogP contribution in [-0.4, -0.2) is 5.78 Å². The van der Waals surface area contributed by atoms with E-state index < -0.39 is 0 Å². The fourth-order valence-electron chi connectivity index (χ4n) is 1.17. The average molecular weight is 124 g/mol. The summed E-state index contributed by atoms with van der Waals surface area (Å²) in [6.45, 7) is 7.64. The van der Waals surface area contributed by atoms with E-state index in [0.29, 0.717) is 0 Å². The van der Waals surface area contributed by atoms with Crippen molar-refractivity contribution < 1.29 is 4.79 Å². The molecule has 0 aromatic rings. The molecule has 0 unspecified atom stereocenters. The molecule has 0 amide bonds. The third-order valence-corrected chi connectivity index (χ3v) is 1.99. The molecule has 9 heavy (non-hydrogen) atoms. The zero-order valence-electron chi connectivity index (χ0n) is 6.03. The zero-order chi connectivity index (χ0) is 7.07. The molecule has 1 fully saturated rings. The summed E-state index contributed by atoms with van der Waals surface area (Å²) >= 11 is 0. The van der Waals surface area contributed by atoms with Crippen LogP contribution >= 0.6 is 0 Å². The molecule has 1 aliphatic rings. The molecule has 0 spiro atoms. The maximum absolute atomic E-state index is 11.1. The number of allylic oxidation sites excluding steroid dienone is 1. The molecule has 0 bridgehead atoms. The quantitative estimate of drug-likeness (QED) is 0.451. The summed E-state index contributed by atoms with van der Waals surface area (Å²) < 4.78 is 0. The normalized spacial score (nSPS) is 25.1. The van der Waals surface area contributed by atoms with Gasteiger partial charge in [0.1, 0.15) is 0 Å². The van der Waals surface area contributed by atoms with Gasteiger partial charge in [-0.25, -0.2) is 0 Å². The Morgan fingerprint density at radius 3 is 2.22 bits per heavy atom. The Bertz CT molecular complexity index is 165. The molecule has 0 N–H and O–H groups in total. The molecular weight excluding hydrogens is 112 g/mol. The number of carbonyl (C=O) groups excluding carboxylic acids is 1. The number of ketones is 1. The fourth-order valence-corrected chi connectivity index (χ4v) is 1.17. The molecular formula is C8H12O. The SMILES string of the molecule is C=C1CCC(C)(C)C1=O. The first-order chi connectivity index (χ1) is 4.04. The van der Waals surface area contributed by atoms with Crippen LogP contribution in [0.4, 0.5) is 0 Å². The van der Waals surface area contributed by atoms with Crippen molar-refractivity contribution in [3.8, 4) is 0 Å². The molecule has 0 aromatic heterocycles. The van der Waals surface area contributed by atoms with Gasteiger partial charge in [0.15, 0.2) is 5.78 Å². The van der Waals surface area contributed by atoms with Crippen LogP contribution < -0.4 is 0 Å². The van der Waals surface area contributed by atoms with Crippen LogP contribution in [0.3, 0.4) is 0 Å². The Labute approximate surface area is 55.8 Å². The number of rotatable bonds is 0. The minimum atomic E-state index is -0.114. The second kappa shape index (κ2) is 1.69. The van der Waals surface area contributed by atoms with Crippen molar-refractivity contribution in [2.24, 2.45) is 5.41 Å². The second-order valence-electron chi connectivity index (χ2n) is 3.32. The summed E-state index contributed by atoms with van der Waals surface area (Å²) in [5.74, 6) is 0.252. The number of hydrogen-bond donors (Lipinski definition) is 0. The lowest BCUT2D eigenvalue weighted by Gasteiger charge is -2.12. The number of carbonyl (C=O) groups is 1. The second-order valence-corrected chi connectivity index (χ2v) is 3.32. The fraction of sp³-hybridized carbons (Fsp3) is 0.625. The molecule has 1 aliphatic carbocycles. The van der Waals surface area contributed by atoms with Crippen molar-refractivity contribution >= 4 is 5.78 Å². The lowest BCUT2D eigenvalue weighted by Crippen LogP contribution is -2.16.